The van der Waals surface area contributed by atoms with Crippen molar-refractivity contribution in [1.29, 1.82) is 0 Å². The molecule has 4 heteroatoms. The zero-order chi connectivity index (χ0) is 13.7. The topological polar surface area (TPSA) is 51.2 Å². The van der Waals surface area contributed by atoms with E-state index in [0.29, 0.717) is 11.6 Å². The van der Waals surface area contributed by atoms with Crippen LogP contribution in [0.5, 0.6) is 5.75 Å². The van der Waals surface area contributed by atoms with Gasteiger partial charge in [0, 0.05) is 6.20 Å². The Hall–Kier alpha value is -2.36. The van der Waals surface area contributed by atoms with Crippen molar-refractivity contribution in [3.63, 3.8) is 0 Å². The molecule has 1 aromatic carbocycles. The van der Waals surface area contributed by atoms with Gasteiger partial charge in [-0.1, -0.05) is 24.3 Å². The summed E-state index contributed by atoms with van der Waals surface area (Å²) >= 11 is 0. The molecule has 0 radical (unpaired) electrons. The van der Waals surface area contributed by atoms with Crippen molar-refractivity contribution in [3.05, 3.63) is 54.2 Å². The Balaban J connectivity index is 1.94. The minimum atomic E-state index is -0.578. The number of nitrogens with zero attached hydrogens (tertiary/aromatic N) is 1. The first kappa shape index (κ1) is 13.1. The Morgan fingerprint density at radius 3 is 2.58 bits per heavy atom. The van der Waals surface area contributed by atoms with E-state index in [4.69, 9.17) is 4.74 Å². The van der Waals surface area contributed by atoms with Crippen LogP contribution in [0.25, 0.3) is 0 Å². The predicted octanol–water partition coefficient (Wildman–Crippen LogP) is 2.80. The average molecular weight is 256 g/mol. The molecule has 0 aliphatic carbocycles. The zero-order valence-corrected chi connectivity index (χ0v) is 11.0. The van der Waals surface area contributed by atoms with Crippen molar-refractivity contribution in [2.45, 2.75) is 20.0 Å². The number of para-hydroxylation sites is 1. The van der Waals surface area contributed by atoms with Crippen LogP contribution in [0.4, 0.5) is 5.82 Å². The van der Waals surface area contributed by atoms with Crippen LogP contribution >= 0.6 is 0 Å². The number of nitrogens with one attached hydrogen (secondary N) is 1. The van der Waals surface area contributed by atoms with Crippen LogP contribution in [0.2, 0.25) is 0 Å². The Morgan fingerprint density at radius 2 is 1.95 bits per heavy atom. The van der Waals surface area contributed by atoms with Crippen LogP contribution in [0.3, 0.4) is 0 Å². The molecule has 0 spiro atoms. The zero-order valence-electron chi connectivity index (χ0n) is 11.0. The van der Waals surface area contributed by atoms with E-state index < -0.39 is 6.10 Å². The van der Waals surface area contributed by atoms with Crippen molar-refractivity contribution in [3.8, 4) is 5.75 Å². The molecule has 1 aromatic heterocycles. The fourth-order valence-electron chi connectivity index (χ4n) is 1.53. The van der Waals surface area contributed by atoms with Crippen molar-refractivity contribution in [2.75, 3.05) is 5.32 Å². The third-order valence-electron chi connectivity index (χ3n) is 2.59. The number of aromatic nitrogens is 1. The van der Waals surface area contributed by atoms with E-state index in [1.807, 2.05) is 43.3 Å². The number of ether oxygens (including phenoxy) is 1. The number of carbonyl (C=O) groups excluding carboxylic acids is 1. The third kappa shape index (κ3) is 3.81. The minimum Gasteiger partial charge on any atom is -0.481 e. The van der Waals surface area contributed by atoms with E-state index in [0.717, 1.165) is 5.56 Å². The van der Waals surface area contributed by atoms with Gasteiger partial charge in [-0.3, -0.25) is 4.79 Å². The van der Waals surface area contributed by atoms with Crippen LogP contribution in [0.15, 0.2) is 48.7 Å². The fourth-order valence-corrected chi connectivity index (χ4v) is 1.53. The second kappa shape index (κ2) is 6.00. The molecule has 0 aliphatic rings. The van der Waals surface area contributed by atoms with E-state index >= 15 is 0 Å². The molecular weight excluding hydrogens is 240 g/mol. The molecule has 19 heavy (non-hydrogen) atoms. The minimum absolute atomic E-state index is 0.222. The summed E-state index contributed by atoms with van der Waals surface area (Å²) in [6, 6.07) is 12.9. The van der Waals surface area contributed by atoms with Gasteiger partial charge in [-0.2, -0.15) is 0 Å². The molecule has 1 amide bonds. The number of hydrogen-bond acceptors (Lipinski definition) is 3. The lowest BCUT2D eigenvalue weighted by atomic mass is 10.3. The van der Waals surface area contributed by atoms with Crippen molar-refractivity contribution < 1.29 is 9.53 Å². The monoisotopic (exact) mass is 256 g/mol. The lowest BCUT2D eigenvalue weighted by Crippen LogP contribution is -2.30. The molecule has 0 fully saturated rings. The highest BCUT2D eigenvalue weighted by atomic mass is 16.5. The fraction of sp³-hybridized carbons (Fsp3) is 0.200. The number of hydrogen-bond donors (Lipinski definition) is 1. The van der Waals surface area contributed by atoms with E-state index in [-0.39, 0.29) is 5.91 Å². The molecule has 1 N–H and O–H groups in total. The van der Waals surface area contributed by atoms with Gasteiger partial charge in [0.1, 0.15) is 11.6 Å². The molecule has 0 aliphatic heterocycles. The van der Waals surface area contributed by atoms with Gasteiger partial charge in [0.05, 0.1) is 0 Å². The first-order valence-electron chi connectivity index (χ1n) is 6.10. The first-order chi connectivity index (χ1) is 9.15. The van der Waals surface area contributed by atoms with Crippen molar-refractivity contribution >= 4 is 11.7 Å². The summed E-state index contributed by atoms with van der Waals surface area (Å²) in [5, 5.41) is 2.71. The number of aryl methyl sites for hydroxylation is 1. The molecule has 0 bridgehead atoms. The summed E-state index contributed by atoms with van der Waals surface area (Å²) in [6.45, 7) is 3.65. The van der Waals surface area contributed by atoms with Gasteiger partial charge in [-0.05, 0) is 37.6 Å². The molecule has 98 valence electrons. The quantitative estimate of drug-likeness (QED) is 0.915. The summed E-state index contributed by atoms with van der Waals surface area (Å²) in [7, 11) is 0. The van der Waals surface area contributed by atoms with Crippen LogP contribution in [0, 0.1) is 6.92 Å². The van der Waals surface area contributed by atoms with Crippen LogP contribution < -0.4 is 10.1 Å². The maximum Gasteiger partial charge on any atom is 0.266 e. The highest BCUT2D eigenvalue weighted by Crippen LogP contribution is 2.12. The molecule has 4 nitrogen and oxygen atoms in total. The summed E-state index contributed by atoms with van der Waals surface area (Å²) in [6.07, 6.45) is 1.13. The van der Waals surface area contributed by atoms with Crippen molar-refractivity contribution in [1.82, 2.24) is 4.98 Å². The Morgan fingerprint density at radius 1 is 1.21 bits per heavy atom. The molecule has 2 aromatic rings. The summed E-state index contributed by atoms with van der Waals surface area (Å²) < 4.78 is 5.53. The van der Waals surface area contributed by atoms with Gasteiger partial charge >= 0.3 is 0 Å². The number of amides is 1. The first-order valence-corrected chi connectivity index (χ1v) is 6.10. The largest absolute Gasteiger partial charge is 0.481 e. The van der Waals surface area contributed by atoms with Gasteiger partial charge in [-0.25, -0.2) is 4.98 Å². The number of anilines is 1. The second-order valence-corrected chi connectivity index (χ2v) is 4.28. The molecule has 0 saturated heterocycles. The van der Waals surface area contributed by atoms with Gasteiger partial charge < -0.3 is 10.1 Å². The lowest BCUT2D eigenvalue weighted by Gasteiger charge is -2.14. The predicted molar refractivity (Wildman–Crippen MR) is 74.1 cm³/mol. The van der Waals surface area contributed by atoms with E-state index in [9.17, 15) is 4.79 Å². The Labute approximate surface area is 112 Å². The average Bonchev–Trinajstić information content (AvgIpc) is 2.42. The number of pyridine rings is 1. The highest BCUT2D eigenvalue weighted by molar-refractivity contribution is 5.93. The molecular formula is C15H16N2O2. The molecule has 1 atom stereocenters. The number of benzene rings is 1. The molecule has 0 saturated carbocycles. The highest BCUT2D eigenvalue weighted by Gasteiger charge is 2.14. The Kier molecular flexibility index (Phi) is 4.13. The SMILES string of the molecule is Cc1ccc(NC(=O)C(C)Oc2ccccc2)nc1. The van der Waals surface area contributed by atoms with Crippen LogP contribution in [-0.2, 0) is 4.79 Å². The van der Waals surface area contributed by atoms with Crippen molar-refractivity contribution in [2.24, 2.45) is 0 Å². The third-order valence-corrected chi connectivity index (χ3v) is 2.59. The number of rotatable bonds is 4. The van der Waals surface area contributed by atoms with Gasteiger partial charge in [-0.15, -0.1) is 0 Å². The Bertz CT molecular complexity index is 538. The maximum absolute atomic E-state index is 11.9. The smallest absolute Gasteiger partial charge is 0.266 e. The van der Waals surface area contributed by atoms with Gasteiger partial charge in [0.15, 0.2) is 6.10 Å². The van der Waals surface area contributed by atoms with Crippen LogP contribution in [-0.4, -0.2) is 17.0 Å². The van der Waals surface area contributed by atoms with Crippen LogP contribution in [0.1, 0.15) is 12.5 Å². The second-order valence-electron chi connectivity index (χ2n) is 4.28. The summed E-state index contributed by atoms with van der Waals surface area (Å²) in [4.78, 5) is 16.0. The summed E-state index contributed by atoms with van der Waals surface area (Å²) in [5.74, 6) is 0.973. The van der Waals surface area contributed by atoms with E-state index in [1.54, 1.807) is 19.2 Å². The number of carbonyl (C=O) groups is 1. The lowest BCUT2D eigenvalue weighted by molar-refractivity contribution is -0.122. The molecule has 2 rings (SSSR count). The summed E-state index contributed by atoms with van der Waals surface area (Å²) in [5.41, 5.74) is 1.05. The maximum atomic E-state index is 11.9. The van der Waals surface area contributed by atoms with Gasteiger partial charge in [0.25, 0.3) is 5.91 Å². The standard InChI is InChI=1S/C15H16N2O2/c1-11-8-9-14(16-10-11)17-15(18)12(2)19-13-6-4-3-5-7-13/h3-10,12H,1-2H3,(H,16,17,18). The van der Waals surface area contributed by atoms with E-state index in [2.05, 4.69) is 10.3 Å². The molecule has 1 unspecified atom stereocenters. The van der Waals surface area contributed by atoms with Gasteiger partial charge in [0.2, 0.25) is 0 Å². The normalized spacial score (nSPS) is 11.7. The van der Waals surface area contributed by atoms with E-state index in [1.165, 1.54) is 0 Å². The molecule has 1 heterocycles.